The number of nitrogens with one attached hydrogen (secondary N) is 1. The Kier molecular flexibility index (Phi) is 6.12. The summed E-state index contributed by atoms with van der Waals surface area (Å²) in [4.78, 5) is 16.1. The van der Waals surface area contributed by atoms with Crippen LogP contribution in [0.1, 0.15) is 33.1 Å². The van der Waals surface area contributed by atoms with Gasteiger partial charge in [-0.15, -0.1) is 11.8 Å². The Labute approximate surface area is 132 Å². The van der Waals surface area contributed by atoms with Gasteiger partial charge in [0.15, 0.2) is 0 Å². The van der Waals surface area contributed by atoms with E-state index in [2.05, 4.69) is 24.1 Å². The Morgan fingerprint density at radius 3 is 2.76 bits per heavy atom. The summed E-state index contributed by atoms with van der Waals surface area (Å²) in [5.74, 6) is 0.325. The summed E-state index contributed by atoms with van der Waals surface area (Å²) in [5, 5.41) is 3.12. The van der Waals surface area contributed by atoms with Crippen molar-refractivity contribution >= 4 is 23.4 Å². The van der Waals surface area contributed by atoms with Crippen LogP contribution in [0.3, 0.4) is 0 Å². The number of anilines is 1. The van der Waals surface area contributed by atoms with Crippen molar-refractivity contribution in [3.63, 3.8) is 0 Å². The van der Waals surface area contributed by atoms with Crippen LogP contribution in [-0.2, 0) is 4.79 Å². The predicted octanol–water partition coefficient (Wildman–Crippen LogP) is 3.86. The van der Waals surface area contributed by atoms with E-state index in [0.29, 0.717) is 6.04 Å². The second-order valence-corrected chi connectivity index (χ2v) is 6.80. The average Bonchev–Trinajstić information content (AvgIpc) is 2.73. The third-order valence-corrected chi connectivity index (χ3v) is 5.02. The molecule has 1 heterocycles. The molecule has 0 aliphatic carbocycles. The first-order chi connectivity index (χ1) is 10.1. The number of amides is 1. The molecule has 1 unspecified atom stereocenters. The summed E-state index contributed by atoms with van der Waals surface area (Å²) in [6.07, 6.45) is 5.11. The number of carbonyl (C=O) groups excluding carboxylic acids is 1. The van der Waals surface area contributed by atoms with Crippen molar-refractivity contribution in [1.82, 2.24) is 4.90 Å². The summed E-state index contributed by atoms with van der Waals surface area (Å²) in [6, 6.07) is 8.59. The van der Waals surface area contributed by atoms with Gasteiger partial charge in [-0.1, -0.05) is 12.1 Å². The SMILES string of the molecule is CSc1ccccc1NC(=O)C1CCCN(C(C)C)CC1. The highest BCUT2D eigenvalue weighted by atomic mass is 32.2. The van der Waals surface area contributed by atoms with E-state index in [-0.39, 0.29) is 11.8 Å². The van der Waals surface area contributed by atoms with Crippen molar-refractivity contribution < 1.29 is 4.79 Å². The fraction of sp³-hybridized carbons (Fsp3) is 0.588. The van der Waals surface area contributed by atoms with Crippen LogP contribution in [0.4, 0.5) is 5.69 Å². The number of carbonyl (C=O) groups is 1. The molecule has 3 nitrogen and oxygen atoms in total. The van der Waals surface area contributed by atoms with E-state index in [9.17, 15) is 4.79 Å². The Hall–Kier alpha value is -1.00. The van der Waals surface area contributed by atoms with Crippen molar-refractivity contribution in [1.29, 1.82) is 0 Å². The van der Waals surface area contributed by atoms with Crippen molar-refractivity contribution in [3.05, 3.63) is 24.3 Å². The minimum atomic E-state index is 0.142. The highest BCUT2D eigenvalue weighted by Crippen LogP contribution is 2.26. The van der Waals surface area contributed by atoms with Gasteiger partial charge in [-0.05, 0) is 64.6 Å². The van der Waals surface area contributed by atoms with Gasteiger partial charge in [0.25, 0.3) is 0 Å². The van der Waals surface area contributed by atoms with Gasteiger partial charge in [0.1, 0.15) is 0 Å². The van der Waals surface area contributed by atoms with Gasteiger partial charge in [-0.2, -0.15) is 0 Å². The quantitative estimate of drug-likeness (QED) is 0.857. The second kappa shape index (κ2) is 7.85. The minimum absolute atomic E-state index is 0.142. The molecule has 0 aromatic heterocycles. The molecule has 0 spiro atoms. The third-order valence-electron chi connectivity index (χ3n) is 4.23. The zero-order valence-corrected chi connectivity index (χ0v) is 14.1. The van der Waals surface area contributed by atoms with Crippen molar-refractivity contribution in [2.75, 3.05) is 24.7 Å². The first kappa shape index (κ1) is 16.4. The van der Waals surface area contributed by atoms with E-state index in [1.807, 2.05) is 30.5 Å². The molecule has 1 fully saturated rings. The lowest BCUT2D eigenvalue weighted by Gasteiger charge is -2.24. The zero-order valence-electron chi connectivity index (χ0n) is 13.3. The maximum atomic E-state index is 12.5. The normalized spacial score (nSPS) is 20.3. The Balaban J connectivity index is 1.97. The molecule has 116 valence electrons. The van der Waals surface area contributed by atoms with Crippen LogP contribution in [0.5, 0.6) is 0 Å². The predicted molar refractivity (Wildman–Crippen MR) is 90.9 cm³/mol. The number of hydrogen-bond acceptors (Lipinski definition) is 3. The molecule has 1 aliphatic heterocycles. The van der Waals surface area contributed by atoms with Gasteiger partial charge >= 0.3 is 0 Å². The molecule has 21 heavy (non-hydrogen) atoms. The van der Waals surface area contributed by atoms with Crippen LogP contribution >= 0.6 is 11.8 Å². The van der Waals surface area contributed by atoms with Gasteiger partial charge in [-0.25, -0.2) is 0 Å². The summed E-state index contributed by atoms with van der Waals surface area (Å²) < 4.78 is 0. The fourth-order valence-electron chi connectivity index (χ4n) is 2.88. The molecule has 2 rings (SSSR count). The largest absolute Gasteiger partial charge is 0.325 e. The first-order valence-corrected chi connectivity index (χ1v) is 9.02. The molecule has 0 saturated carbocycles. The molecule has 1 aromatic rings. The molecule has 0 bridgehead atoms. The average molecular weight is 306 g/mol. The standard InChI is InChI=1S/C17H26N2OS/c1-13(2)19-11-6-7-14(10-12-19)17(20)18-15-8-4-5-9-16(15)21-3/h4-5,8-9,13-14H,6-7,10-12H2,1-3H3,(H,18,20). The maximum Gasteiger partial charge on any atom is 0.227 e. The Morgan fingerprint density at radius 1 is 1.29 bits per heavy atom. The van der Waals surface area contributed by atoms with Gasteiger partial charge in [0.2, 0.25) is 5.91 Å². The maximum absolute atomic E-state index is 12.5. The lowest BCUT2D eigenvalue weighted by atomic mass is 10.00. The van der Waals surface area contributed by atoms with Gasteiger partial charge in [-0.3, -0.25) is 4.79 Å². The van der Waals surface area contributed by atoms with Crippen LogP contribution in [0.15, 0.2) is 29.2 Å². The summed E-state index contributed by atoms with van der Waals surface area (Å²) in [5.41, 5.74) is 0.944. The first-order valence-electron chi connectivity index (χ1n) is 7.79. The number of nitrogens with zero attached hydrogens (tertiary/aromatic N) is 1. The number of para-hydroxylation sites is 1. The van der Waals surface area contributed by atoms with Gasteiger partial charge in [0.05, 0.1) is 5.69 Å². The third kappa shape index (κ3) is 4.48. The zero-order chi connectivity index (χ0) is 15.2. The number of benzene rings is 1. The molecule has 4 heteroatoms. The lowest BCUT2D eigenvalue weighted by molar-refractivity contribution is -0.120. The Bertz CT molecular complexity index is 476. The second-order valence-electron chi connectivity index (χ2n) is 5.95. The van der Waals surface area contributed by atoms with Crippen molar-refractivity contribution in [3.8, 4) is 0 Å². The number of thioether (sulfide) groups is 1. The van der Waals surface area contributed by atoms with Crippen LogP contribution < -0.4 is 5.32 Å². The highest BCUT2D eigenvalue weighted by molar-refractivity contribution is 7.98. The fourth-order valence-corrected chi connectivity index (χ4v) is 3.43. The molecular weight excluding hydrogens is 280 g/mol. The van der Waals surface area contributed by atoms with E-state index in [4.69, 9.17) is 0 Å². The van der Waals surface area contributed by atoms with Gasteiger partial charge in [0, 0.05) is 16.9 Å². The van der Waals surface area contributed by atoms with Crippen LogP contribution in [0, 0.1) is 5.92 Å². The number of rotatable bonds is 4. The summed E-state index contributed by atoms with van der Waals surface area (Å²) in [6.45, 7) is 6.60. The van der Waals surface area contributed by atoms with Crippen LogP contribution in [0.2, 0.25) is 0 Å². The molecule has 1 aromatic carbocycles. The van der Waals surface area contributed by atoms with E-state index in [0.717, 1.165) is 42.9 Å². The number of likely N-dealkylation sites (tertiary alicyclic amines) is 1. The Morgan fingerprint density at radius 2 is 2.05 bits per heavy atom. The highest BCUT2D eigenvalue weighted by Gasteiger charge is 2.24. The smallest absolute Gasteiger partial charge is 0.227 e. The summed E-state index contributed by atoms with van der Waals surface area (Å²) in [7, 11) is 0. The molecule has 1 N–H and O–H groups in total. The molecule has 1 saturated heterocycles. The minimum Gasteiger partial charge on any atom is -0.325 e. The van der Waals surface area contributed by atoms with Crippen LogP contribution in [-0.4, -0.2) is 36.2 Å². The monoisotopic (exact) mass is 306 g/mol. The van der Waals surface area contributed by atoms with Crippen LogP contribution in [0.25, 0.3) is 0 Å². The van der Waals surface area contributed by atoms with Gasteiger partial charge < -0.3 is 10.2 Å². The van der Waals surface area contributed by atoms with E-state index < -0.39 is 0 Å². The summed E-state index contributed by atoms with van der Waals surface area (Å²) >= 11 is 1.67. The molecule has 1 atom stereocenters. The molecule has 1 amide bonds. The van der Waals surface area contributed by atoms with Crippen molar-refractivity contribution in [2.45, 2.75) is 44.0 Å². The van der Waals surface area contributed by atoms with E-state index >= 15 is 0 Å². The van der Waals surface area contributed by atoms with E-state index in [1.54, 1.807) is 11.8 Å². The number of hydrogen-bond donors (Lipinski definition) is 1. The van der Waals surface area contributed by atoms with Crippen molar-refractivity contribution in [2.24, 2.45) is 5.92 Å². The lowest BCUT2D eigenvalue weighted by Crippen LogP contribution is -2.32. The topological polar surface area (TPSA) is 32.3 Å². The molecule has 1 aliphatic rings. The molecular formula is C17H26N2OS. The molecule has 0 radical (unpaired) electrons. The van der Waals surface area contributed by atoms with E-state index in [1.165, 1.54) is 0 Å².